The summed E-state index contributed by atoms with van der Waals surface area (Å²) in [5, 5.41) is 0.754. The zero-order valence-corrected chi connectivity index (χ0v) is 14.8. The van der Waals surface area contributed by atoms with Crippen LogP contribution in [0.25, 0.3) is 0 Å². The number of benzene rings is 2. The standard InChI is InChI=1S/C16H14Br2F2O/c1-9-5-11(7-17)6-10(2)16(9)21-8-12-14(19)4-3-13(18)15(12)20/h3-6H,7-8H2,1-2H3. The Balaban J connectivity index is 2.27. The molecule has 0 aliphatic rings. The van der Waals surface area contributed by atoms with Crippen molar-refractivity contribution >= 4 is 31.9 Å². The number of aryl methyl sites for hydroxylation is 2. The molecule has 1 nitrogen and oxygen atoms in total. The summed E-state index contributed by atoms with van der Waals surface area (Å²) in [6.07, 6.45) is 0. The van der Waals surface area contributed by atoms with Gasteiger partial charge in [-0.05, 0) is 58.6 Å². The lowest BCUT2D eigenvalue weighted by atomic mass is 10.1. The van der Waals surface area contributed by atoms with Crippen LogP contribution >= 0.6 is 31.9 Å². The van der Waals surface area contributed by atoms with E-state index < -0.39 is 11.6 Å². The highest BCUT2D eigenvalue weighted by molar-refractivity contribution is 9.10. The number of hydrogen-bond acceptors (Lipinski definition) is 1. The van der Waals surface area contributed by atoms with Gasteiger partial charge in [-0.15, -0.1) is 0 Å². The normalized spacial score (nSPS) is 10.8. The molecule has 0 unspecified atom stereocenters. The van der Waals surface area contributed by atoms with Crippen LogP contribution in [-0.2, 0) is 11.9 Å². The Morgan fingerprint density at radius 1 is 1.10 bits per heavy atom. The Morgan fingerprint density at radius 3 is 2.29 bits per heavy atom. The van der Waals surface area contributed by atoms with Crippen molar-refractivity contribution in [1.29, 1.82) is 0 Å². The molecule has 0 bridgehead atoms. The average molecular weight is 420 g/mol. The van der Waals surface area contributed by atoms with E-state index in [0.717, 1.165) is 22.0 Å². The van der Waals surface area contributed by atoms with E-state index in [0.29, 0.717) is 5.75 Å². The summed E-state index contributed by atoms with van der Waals surface area (Å²) in [7, 11) is 0. The lowest BCUT2D eigenvalue weighted by molar-refractivity contribution is 0.288. The second-order valence-corrected chi connectivity index (χ2v) is 6.22. The van der Waals surface area contributed by atoms with Gasteiger partial charge in [0.05, 0.1) is 10.0 Å². The van der Waals surface area contributed by atoms with E-state index >= 15 is 0 Å². The third kappa shape index (κ3) is 3.64. The van der Waals surface area contributed by atoms with Gasteiger partial charge < -0.3 is 4.74 Å². The first-order valence-electron chi connectivity index (χ1n) is 6.35. The number of alkyl halides is 1. The molecule has 2 aromatic carbocycles. The van der Waals surface area contributed by atoms with Crippen LogP contribution in [0.5, 0.6) is 5.75 Å². The molecule has 0 heterocycles. The molecule has 0 atom stereocenters. The first kappa shape index (κ1) is 16.4. The Labute approximate surface area is 139 Å². The highest BCUT2D eigenvalue weighted by Gasteiger charge is 2.14. The maximum atomic E-state index is 13.9. The van der Waals surface area contributed by atoms with Crippen LogP contribution in [0, 0.1) is 25.5 Å². The summed E-state index contributed by atoms with van der Waals surface area (Å²) in [4.78, 5) is 0. The third-order valence-corrected chi connectivity index (χ3v) is 4.43. The van der Waals surface area contributed by atoms with Gasteiger partial charge in [-0.3, -0.25) is 0 Å². The van der Waals surface area contributed by atoms with E-state index in [-0.39, 0.29) is 16.6 Å². The fourth-order valence-electron chi connectivity index (χ4n) is 2.19. The van der Waals surface area contributed by atoms with Crippen LogP contribution in [0.4, 0.5) is 8.78 Å². The quantitative estimate of drug-likeness (QED) is 0.448. The van der Waals surface area contributed by atoms with Gasteiger partial charge in [0.25, 0.3) is 0 Å². The van der Waals surface area contributed by atoms with Gasteiger partial charge in [0.15, 0.2) is 0 Å². The molecular weight excluding hydrogens is 406 g/mol. The van der Waals surface area contributed by atoms with E-state index in [1.165, 1.54) is 12.1 Å². The molecule has 0 radical (unpaired) electrons. The summed E-state index contributed by atoms with van der Waals surface area (Å²) < 4.78 is 33.5. The number of halogens is 4. The van der Waals surface area contributed by atoms with Gasteiger partial charge in [-0.25, -0.2) is 8.78 Å². The van der Waals surface area contributed by atoms with E-state index in [2.05, 4.69) is 31.9 Å². The zero-order chi connectivity index (χ0) is 15.6. The monoisotopic (exact) mass is 418 g/mol. The number of hydrogen-bond donors (Lipinski definition) is 0. The summed E-state index contributed by atoms with van der Waals surface area (Å²) in [6, 6.07) is 6.55. The molecule has 0 N–H and O–H groups in total. The molecule has 0 amide bonds. The van der Waals surface area contributed by atoms with E-state index in [4.69, 9.17) is 4.74 Å². The molecule has 5 heteroatoms. The van der Waals surface area contributed by atoms with Crippen LogP contribution in [0.3, 0.4) is 0 Å². The second kappa shape index (κ2) is 6.88. The first-order chi connectivity index (χ1) is 9.93. The van der Waals surface area contributed by atoms with Crippen molar-refractivity contribution in [1.82, 2.24) is 0 Å². The summed E-state index contributed by atoms with van der Waals surface area (Å²) in [6.45, 7) is 3.69. The fourth-order valence-corrected chi connectivity index (χ4v) is 2.89. The summed E-state index contributed by atoms with van der Waals surface area (Å²) in [5.74, 6) is -0.566. The van der Waals surface area contributed by atoms with Crippen molar-refractivity contribution in [2.75, 3.05) is 0 Å². The molecule has 2 aromatic rings. The highest BCUT2D eigenvalue weighted by atomic mass is 79.9. The van der Waals surface area contributed by atoms with Gasteiger partial charge in [0.1, 0.15) is 24.0 Å². The predicted molar refractivity (Wildman–Crippen MR) is 86.9 cm³/mol. The molecule has 0 aliphatic carbocycles. The maximum Gasteiger partial charge on any atom is 0.146 e. The first-order valence-corrected chi connectivity index (χ1v) is 8.26. The molecule has 112 valence electrons. The molecule has 21 heavy (non-hydrogen) atoms. The Morgan fingerprint density at radius 2 is 1.71 bits per heavy atom. The minimum atomic E-state index is -0.623. The second-order valence-electron chi connectivity index (χ2n) is 4.80. The van der Waals surface area contributed by atoms with Gasteiger partial charge in [0, 0.05) is 5.33 Å². The third-order valence-electron chi connectivity index (χ3n) is 3.17. The lowest BCUT2D eigenvalue weighted by Gasteiger charge is -2.14. The zero-order valence-electron chi connectivity index (χ0n) is 11.6. The average Bonchev–Trinajstić information content (AvgIpc) is 2.45. The van der Waals surface area contributed by atoms with Crippen LogP contribution in [0.1, 0.15) is 22.3 Å². The van der Waals surface area contributed by atoms with Crippen molar-refractivity contribution in [2.24, 2.45) is 0 Å². The maximum absolute atomic E-state index is 13.9. The van der Waals surface area contributed by atoms with Crippen LogP contribution in [0.2, 0.25) is 0 Å². The number of ether oxygens (including phenoxy) is 1. The minimum Gasteiger partial charge on any atom is -0.488 e. The van der Waals surface area contributed by atoms with E-state index in [1.807, 2.05) is 26.0 Å². The largest absolute Gasteiger partial charge is 0.488 e. The van der Waals surface area contributed by atoms with E-state index in [9.17, 15) is 8.78 Å². The van der Waals surface area contributed by atoms with Crippen molar-refractivity contribution in [3.8, 4) is 5.75 Å². The molecule has 2 rings (SSSR count). The van der Waals surface area contributed by atoms with Crippen LogP contribution in [0.15, 0.2) is 28.7 Å². The lowest BCUT2D eigenvalue weighted by Crippen LogP contribution is -2.05. The smallest absolute Gasteiger partial charge is 0.146 e. The highest BCUT2D eigenvalue weighted by Crippen LogP contribution is 2.28. The van der Waals surface area contributed by atoms with Gasteiger partial charge in [0.2, 0.25) is 0 Å². The number of rotatable bonds is 4. The van der Waals surface area contributed by atoms with Gasteiger partial charge >= 0.3 is 0 Å². The van der Waals surface area contributed by atoms with Crippen LogP contribution in [-0.4, -0.2) is 0 Å². The molecule has 0 saturated heterocycles. The van der Waals surface area contributed by atoms with Crippen molar-refractivity contribution in [2.45, 2.75) is 25.8 Å². The van der Waals surface area contributed by atoms with E-state index in [1.54, 1.807) is 0 Å². The van der Waals surface area contributed by atoms with Crippen LogP contribution < -0.4 is 4.74 Å². The summed E-state index contributed by atoms with van der Waals surface area (Å²) >= 11 is 6.46. The minimum absolute atomic E-state index is 0.0762. The Hall–Kier alpha value is -0.940. The van der Waals surface area contributed by atoms with Gasteiger partial charge in [-0.1, -0.05) is 28.1 Å². The van der Waals surface area contributed by atoms with Gasteiger partial charge in [-0.2, -0.15) is 0 Å². The predicted octanol–water partition coefficient (Wildman–Crippen LogP) is 5.82. The molecule has 0 spiro atoms. The fraction of sp³-hybridized carbons (Fsp3) is 0.250. The topological polar surface area (TPSA) is 9.23 Å². The molecule has 0 fully saturated rings. The SMILES string of the molecule is Cc1cc(CBr)cc(C)c1OCc1c(F)ccc(Br)c1F. The Bertz CT molecular complexity index is 649. The Kier molecular flexibility index (Phi) is 5.38. The van der Waals surface area contributed by atoms with Crippen molar-refractivity contribution < 1.29 is 13.5 Å². The molecule has 0 aliphatic heterocycles. The van der Waals surface area contributed by atoms with Crippen molar-refractivity contribution in [3.05, 3.63) is 62.6 Å². The molecule has 0 saturated carbocycles. The molecular formula is C16H14Br2F2O. The summed E-state index contributed by atoms with van der Waals surface area (Å²) in [5.41, 5.74) is 2.95. The molecule has 0 aromatic heterocycles. The van der Waals surface area contributed by atoms with Crippen molar-refractivity contribution in [3.63, 3.8) is 0 Å².